The van der Waals surface area contributed by atoms with E-state index >= 15 is 0 Å². The molecule has 16 nitrogen and oxygen atoms in total. The predicted octanol–water partition coefficient (Wildman–Crippen LogP) is 13.8. The third kappa shape index (κ3) is 9.98. The predicted molar refractivity (Wildman–Crippen MR) is 298 cm³/mol. The quantitative estimate of drug-likeness (QED) is 0.0956. The van der Waals surface area contributed by atoms with E-state index in [4.69, 9.17) is 0 Å². The molecule has 16 rings (SSSR count). The van der Waals surface area contributed by atoms with Crippen molar-refractivity contribution in [1.29, 1.82) is 0 Å². The average molecular weight is 1130 g/mol. The smallest absolute Gasteiger partial charge is 0.224 e. The minimum atomic E-state index is -0.875. The van der Waals surface area contributed by atoms with Gasteiger partial charge in [0.05, 0.1) is 79.5 Å². The van der Waals surface area contributed by atoms with E-state index in [0.717, 1.165) is 102 Å². The SMILES string of the molecule is [18F]c1nc([19F])ccc1-c1ccc2c(n1)[nH]c1ccncc12.[18F]c1ncc([19F])cc1-c1ccc2c(n1)[nH]c1ccncc12.[19F]c1ccc(-c2ccc3c(n2)[nH]c2ccncc23)c([19F])n1.[19F]c1cnc([19F])c(-c2ccc3c(n2)[nH]c2ccncc23)c1. The van der Waals surface area contributed by atoms with E-state index in [2.05, 4.69) is 79.7 Å². The van der Waals surface area contributed by atoms with Crippen molar-refractivity contribution in [2.45, 2.75) is 0 Å². The van der Waals surface area contributed by atoms with Gasteiger partial charge in [0.25, 0.3) is 0 Å². The van der Waals surface area contributed by atoms with Gasteiger partial charge in [-0.15, -0.1) is 0 Å². The van der Waals surface area contributed by atoms with Crippen LogP contribution in [0.25, 0.3) is 133 Å². The van der Waals surface area contributed by atoms with Crippen molar-refractivity contribution in [1.82, 2.24) is 79.7 Å². The molecule has 0 bridgehead atoms. The maximum absolute atomic E-state index is 13.7. The summed E-state index contributed by atoms with van der Waals surface area (Å²) in [6, 6.07) is 28.3. The highest BCUT2D eigenvalue weighted by atomic mass is 19.2. The Labute approximate surface area is 464 Å². The number of rotatable bonds is 4. The molecule has 0 aliphatic carbocycles. The molecule has 0 atom stereocenters. The second-order valence-electron chi connectivity index (χ2n) is 18.5. The van der Waals surface area contributed by atoms with E-state index in [9.17, 15) is 35.1 Å². The molecular weight excluding hydrogens is 1090 g/mol. The zero-order valence-electron chi connectivity index (χ0n) is 42.6. The first-order chi connectivity index (χ1) is 40.9. The standard InChI is InChI=1S/4C15H8F2N4/c2*16-13-4-2-9(14(17)21-13)11-3-1-8-10-7-18-6-5-12(10)20-15(8)19-11;2*16-8-5-10(14(17)19-6-8)12-2-1-9-11-7-18-4-3-13(11)21-15(9)20-12/h2*1-7H,(H,19,20);2*1-7H,(H,20,21)/i16+0,17+0;16+0,17-1;16+0,17+0;16+0,17-1. The first kappa shape index (κ1) is 51.9. The lowest BCUT2D eigenvalue weighted by molar-refractivity contribution is 0.514. The van der Waals surface area contributed by atoms with Crippen LogP contribution in [0.1, 0.15) is 0 Å². The Morgan fingerprint density at radius 3 is 0.857 bits per heavy atom. The second-order valence-corrected chi connectivity index (χ2v) is 18.5. The molecule has 0 radical (unpaired) electrons. The van der Waals surface area contributed by atoms with E-state index in [1.54, 1.807) is 73.8 Å². The molecule has 4 N–H and O–H groups in total. The Kier molecular flexibility index (Phi) is 13.3. The summed E-state index contributed by atoms with van der Waals surface area (Å²) in [5.74, 6) is -6.16. The van der Waals surface area contributed by atoms with Crippen LogP contribution in [-0.2, 0) is 0 Å². The van der Waals surface area contributed by atoms with E-state index in [0.29, 0.717) is 45.4 Å². The van der Waals surface area contributed by atoms with Crippen molar-refractivity contribution in [2.75, 3.05) is 0 Å². The second kappa shape index (κ2) is 21.5. The summed E-state index contributed by atoms with van der Waals surface area (Å²) in [6.07, 6.45) is 15.4. The van der Waals surface area contributed by atoms with Crippen LogP contribution in [0, 0.1) is 47.3 Å². The van der Waals surface area contributed by atoms with Crippen LogP contribution in [0.2, 0.25) is 0 Å². The van der Waals surface area contributed by atoms with Crippen molar-refractivity contribution in [3.63, 3.8) is 0 Å². The van der Waals surface area contributed by atoms with Crippen molar-refractivity contribution in [3.8, 4) is 45.0 Å². The Bertz CT molecular complexity index is 4880. The van der Waals surface area contributed by atoms with E-state index in [-0.39, 0.29) is 22.3 Å². The van der Waals surface area contributed by atoms with Crippen LogP contribution >= 0.6 is 0 Å². The van der Waals surface area contributed by atoms with Gasteiger partial charge >= 0.3 is 0 Å². The van der Waals surface area contributed by atoms with E-state index < -0.39 is 47.3 Å². The summed E-state index contributed by atoms with van der Waals surface area (Å²) in [7, 11) is 0. The van der Waals surface area contributed by atoms with Crippen LogP contribution in [0.3, 0.4) is 0 Å². The van der Waals surface area contributed by atoms with Gasteiger partial charge in [-0.25, -0.2) is 38.7 Å². The number of halogens is 8. The van der Waals surface area contributed by atoms with Crippen molar-refractivity contribution in [2.24, 2.45) is 0 Å². The number of hydrogen-bond donors (Lipinski definition) is 4. The maximum atomic E-state index is 13.7. The van der Waals surface area contributed by atoms with E-state index in [1.165, 1.54) is 12.1 Å². The van der Waals surface area contributed by atoms with Gasteiger partial charge in [0.15, 0.2) is 0 Å². The van der Waals surface area contributed by atoms with Crippen molar-refractivity contribution >= 4 is 87.7 Å². The van der Waals surface area contributed by atoms with Gasteiger partial charge in [-0.1, -0.05) is 0 Å². The zero-order chi connectivity index (χ0) is 57.6. The highest BCUT2D eigenvalue weighted by Crippen LogP contribution is 2.32. The number of H-pyrrole nitrogens is 4. The van der Waals surface area contributed by atoms with Crippen LogP contribution in [0.4, 0.5) is 35.1 Å². The van der Waals surface area contributed by atoms with Crippen molar-refractivity contribution in [3.05, 3.63) is 218 Å². The lowest BCUT2D eigenvalue weighted by atomic mass is 10.1. The molecule has 16 aromatic heterocycles. The van der Waals surface area contributed by atoms with Gasteiger partial charge in [-0.2, -0.15) is 36.3 Å². The molecule has 16 aromatic rings. The molecule has 408 valence electrons. The average Bonchev–Trinajstić information content (AvgIpc) is 4.48. The molecule has 0 amide bonds. The molecule has 84 heavy (non-hydrogen) atoms. The molecule has 0 fully saturated rings. The molecule has 0 saturated heterocycles. The molecule has 24 heteroatoms. The van der Waals surface area contributed by atoms with Gasteiger partial charge in [0, 0.05) is 92.7 Å². The third-order valence-electron chi connectivity index (χ3n) is 13.4. The van der Waals surface area contributed by atoms with Crippen LogP contribution in [0.5, 0.6) is 0 Å². The monoisotopic (exact) mass is 1130 g/mol. The Hall–Kier alpha value is -11.6. The summed E-state index contributed by atoms with van der Waals surface area (Å²) in [5, 5.41) is 7.33. The number of hydrogen-bond acceptors (Lipinski definition) is 12. The fourth-order valence-corrected chi connectivity index (χ4v) is 9.48. The molecular formula is C60H32F8N16. The minimum Gasteiger partial charge on any atom is -0.339 e. The lowest BCUT2D eigenvalue weighted by Gasteiger charge is -2.02. The lowest BCUT2D eigenvalue weighted by Crippen LogP contribution is -1.94. The highest BCUT2D eigenvalue weighted by Gasteiger charge is 2.17. The minimum absolute atomic E-state index is 0.0358. The van der Waals surface area contributed by atoms with Crippen LogP contribution < -0.4 is 0 Å². The summed E-state index contributed by atoms with van der Waals surface area (Å²) in [6.45, 7) is 0. The van der Waals surface area contributed by atoms with Gasteiger partial charge in [-0.3, -0.25) is 19.9 Å². The van der Waals surface area contributed by atoms with Gasteiger partial charge < -0.3 is 19.9 Å². The van der Waals surface area contributed by atoms with E-state index in [1.807, 2.05) is 48.5 Å². The third-order valence-corrected chi connectivity index (χ3v) is 13.4. The number of fused-ring (bicyclic) bond motifs is 12. The number of aromatic amines is 4. The molecule has 0 aliphatic heterocycles. The van der Waals surface area contributed by atoms with Gasteiger partial charge in [0.1, 0.15) is 34.2 Å². The summed E-state index contributed by atoms with van der Waals surface area (Å²) in [4.78, 5) is 59.5. The molecule has 0 aromatic carbocycles. The first-order valence-electron chi connectivity index (χ1n) is 25.1. The topological polar surface area (TPSA) is 218 Å². The number of pyridine rings is 12. The summed E-state index contributed by atoms with van der Waals surface area (Å²) < 4.78 is 107. The zero-order valence-corrected chi connectivity index (χ0v) is 42.6. The Morgan fingerprint density at radius 1 is 0.262 bits per heavy atom. The fourth-order valence-electron chi connectivity index (χ4n) is 9.48. The molecule has 0 saturated carbocycles. The van der Waals surface area contributed by atoms with Gasteiger partial charge in [-0.05, 0) is 109 Å². The normalized spacial score (nSPS) is 11.3. The number of nitrogens with one attached hydrogen (secondary N) is 4. The Morgan fingerprint density at radius 2 is 0.560 bits per heavy atom. The number of nitrogens with zero attached hydrogens (tertiary/aromatic N) is 12. The highest BCUT2D eigenvalue weighted by molar-refractivity contribution is 6.08. The largest absolute Gasteiger partial charge is 0.339 e. The molecule has 0 aliphatic rings. The van der Waals surface area contributed by atoms with Gasteiger partial charge in [0.2, 0.25) is 35.7 Å². The maximum Gasteiger partial charge on any atom is 0.224 e. The summed E-state index contributed by atoms with van der Waals surface area (Å²) >= 11 is 0. The fraction of sp³-hybridized carbons (Fsp3) is 0. The molecule has 0 unspecified atom stereocenters. The molecule has 16 heterocycles. The first-order valence-corrected chi connectivity index (χ1v) is 25.1. The summed E-state index contributed by atoms with van der Waals surface area (Å²) in [5.41, 5.74) is 7.87. The van der Waals surface area contributed by atoms with Crippen LogP contribution in [0.15, 0.2) is 171 Å². The molecule has 0 spiro atoms. The number of aromatic nitrogens is 16. The Balaban J connectivity index is 0.000000104. The van der Waals surface area contributed by atoms with Crippen LogP contribution in [-0.4, -0.2) is 79.7 Å². The van der Waals surface area contributed by atoms with Crippen molar-refractivity contribution < 1.29 is 35.1 Å².